The fourth-order valence-electron chi connectivity index (χ4n) is 2.07. The minimum atomic E-state index is -3.43. The summed E-state index contributed by atoms with van der Waals surface area (Å²) in [4.78, 5) is 2.39. The molecule has 2 rings (SSSR count). The van der Waals surface area contributed by atoms with Gasteiger partial charge in [0.1, 0.15) is 0 Å². The largest absolute Gasteiger partial charge is 0.310 e. The first-order valence-electron chi connectivity index (χ1n) is 7.33. The topological polar surface area (TPSA) is 52.7 Å². The fourth-order valence-corrected chi connectivity index (χ4v) is 3.45. The molecule has 0 saturated heterocycles. The van der Waals surface area contributed by atoms with Crippen molar-refractivity contribution in [3.8, 4) is 0 Å². The van der Waals surface area contributed by atoms with Crippen molar-refractivity contribution in [2.45, 2.75) is 30.3 Å². The van der Waals surface area contributed by atoms with Crippen LogP contribution in [0.3, 0.4) is 0 Å². The molecule has 118 valence electrons. The Balaban J connectivity index is 2.13. The summed E-state index contributed by atoms with van der Waals surface area (Å²) in [6.45, 7) is 1.81. The highest BCUT2D eigenvalue weighted by molar-refractivity contribution is 7.89. The van der Waals surface area contributed by atoms with E-state index in [1.807, 2.05) is 31.1 Å². The summed E-state index contributed by atoms with van der Waals surface area (Å²) < 4.78 is 26.8. The second-order valence-corrected chi connectivity index (χ2v) is 7.91. The second-order valence-electron chi connectivity index (χ2n) is 5.89. The number of nitrogens with one attached hydrogen (secondary N) is 1. The zero-order valence-corrected chi connectivity index (χ0v) is 13.9. The van der Waals surface area contributed by atoms with Crippen LogP contribution in [-0.4, -0.2) is 57.9 Å². The van der Waals surface area contributed by atoms with Crippen molar-refractivity contribution in [2.75, 3.05) is 34.2 Å². The number of rotatable bonds is 8. The van der Waals surface area contributed by atoms with Gasteiger partial charge in [0.15, 0.2) is 0 Å². The quantitative estimate of drug-likeness (QED) is 0.782. The molecule has 0 heterocycles. The van der Waals surface area contributed by atoms with Gasteiger partial charge in [0, 0.05) is 32.7 Å². The lowest BCUT2D eigenvalue weighted by molar-refractivity contribution is 0.358. The smallest absolute Gasteiger partial charge is 0.243 e. The summed E-state index contributed by atoms with van der Waals surface area (Å²) >= 11 is 0. The van der Waals surface area contributed by atoms with E-state index in [4.69, 9.17) is 0 Å². The molecule has 0 atom stereocenters. The normalized spacial score (nSPS) is 15.9. The van der Waals surface area contributed by atoms with E-state index in [-0.39, 0.29) is 0 Å². The average molecular weight is 311 g/mol. The van der Waals surface area contributed by atoms with Gasteiger partial charge in [-0.3, -0.25) is 0 Å². The Morgan fingerprint density at radius 2 is 1.81 bits per heavy atom. The van der Waals surface area contributed by atoms with Crippen LogP contribution in [0.15, 0.2) is 29.2 Å². The Morgan fingerprint density at radius 3 is 2.43 bits per heavy atom. The average Bonchev–Trinajstić information content (AvgIpc) is 3.26. The first kappa shape index (κ1) is 16.4. The number of benzene rings is 1. The zero-order chi connectivity index (χ0) is 15.5. The van der Waals surface area contributed by atoms with Crippen LogP contribution in [0.5, 0.6) is 0 Å². The van der Waals surface area contributed by atoms with Crippen LogP contribution >= 0.6 is 0 Å². The van der Waals surface area contributed by atoms with Gasteiger partial charge in [0.25, 0.3) is 0 Å². The van der Waals surface area contributed by atoms with E-state index < -0.39 is 10.0 Å². The summed E-state index contributed by atoms with van der Waals surface area (Å²) in [6, 6.07) is 7.83. The molecule has 0 bridgehead atoms. The maximum absolute atomic E-state index is 12.7. The molecule has 1 aromatic carbocycles. The van der Waals surface area contributed by atoms with E-state index in [1.54, 1.807) is 19.2 Å². The maximum atomic E-state index is 12.7. The molecule has 0 spiro atoms. The van der Waals surface area contributed by atoms with Gasteiger partial charge in [-0.2, -0.15) is 4.31 Å². The molecule has 6 heteroatoms. The third-order valence-electron chi connectivity index (χ3n) is 3.68. The summed E-state index contributed by atoms with van der Waals surface area (Å²) in [5, 5.41) is 3.38. The number of likely N-dealkylation sites (N-methyl/N-ethyl adjacent to an activating group) is 2. The van der Waals surface area contributed by atoms with E-state index in [2.05, 4.69) is 5.32 Å². The Kier molecular flexibility index (Phi) is 5.37. The second kappa shape index (κ2) is 6.87. The third-order valence-corrected chi connectivity index (χ3v) is 5.64. The fraction of sp³-hybridized carbons (Fsp3) is 0.600. The van der Waals surface area contributed by atoms with Crippen LogP contribution in [0.1, 0.15) is 18.4 Å². The minimum absolute atomic E-state index is 0.416. The van der Waals surface area contributed by atoms with E-state index >= 15 is 0 Å². The lowest BCUT2D eigenvalue weighted by Crippen LogP contribution is -2.34. The Labute approximate surface area is 128 Å². The van der Waals surface area contributed by atoms with Crippen molar-refractivity contribution >= 4 is 10.0 Å². The Hall–Kier alpha value is -0.950. The molecule has 0 aromatic heterocycles. The lowest BCUT2D eigenvalue weighted by atomic mass is 10.2. The van der Waals surface area contributed by atoms with Crippen LogP contribution in [0.2, 0.25) is 0 Å². The molecule has 1 aliphatic rings. The standard InChI is InChI=1S/C15H25N3O2S/c1-17(2)10-11-18(3)21(19,20)15-7-5-4-6-13(15)12-16-14-8-9-14/h4-7,14,16H,8-12H2,1-3H3. The molecule has 0 radical (unpaired) electrons. The van der Waals surface area contributed by atoms with Gasteiger partial charge in [0.2, 0.25) is 10.0 Å². The number of nitrogens with zero attached hydrogens (tertiary/aromatic N) is 2. The van der Waals surface area contributed by atoms with Crippen LogP contribution in [0.25, 0.3) is 0 Å². The van der Waals surface area contributed by atoms with Crippen LogP contribution < -0.4 is 5.32 Å². The SMILES string of the molecule is CN(C)CCN(C)S(=O)(=O)c1ccccc1CNC1CC1. The molecule has 1 fully saturated rings. The summed E-state index contributed by atoms with van der Waals surface area (Å²) in [5.41, 5.74) is 0.848. The molecule has 21 heavy (non-hydrogen) atoms. The number of hydrogen-bond donors (Lipinski definition) is 1. The summed E-state index contributed by atoms with van der Waals surface area (Å²) in [7, 11) is 2.09. The van der Waals surface area contributed by atoms with Crippen LogP contribution in [-0.2, 0) is 16.6 Å². The molecule has 5 nitrogen and oxygen atoms in total. The van der Waals surface area contributed by atoms with Crippen molar-refractivity contribution in [3.05, 3.63) is 29.8 Å². The first-order valence-corrected chi connectivity index (χ1v) is 8.77. The highest BCUT2D eigenvalue weighted by atomic mass is 32.2. The molecule has 1 N–H and O–H groups in total. The highest BCUT2D eigenvalue weighted by Gasteiger charge is 2.25. The summed E-state index contributed by atoms with van der Waals surface area (Å²) in [5.74, 6) is 0. The Morgan fingerprint density at radius 1 is 1.14 bits per heavy atom. The van der Waals surface area contributed by atoms with Gasteiger partial charge in [-0.1, -0.05) is 18.2 Å². The van der Waals surface area contributed by atoms with E-state index in [9.17, 15) is 8.42 Å². The van der Waals surface area contributed by atoms with Crippen LogP contribution in [0.4, 0.5) is 0 Å². The maximum Gasteiger partial charge on any atom is 0.243 e. The van der Waals surface area contributed by atoms with Gasteiger partial charge in [0.05, 0.1) is 4.90 Å². The van der Waals surface area contributed by atoms with E-state index in [0.717, 1.165) is 5.56 Å². The van der Waals surface area contributed by atoms with Gasteiger partial charge >= 0.3 is 0 Å². The lowest BCUT2D eigenvalue weighted by Gasteiger charge is -2.21. The monoisotopic (exact) mass is 311 g/mol. The molecule has 1 aliphatic carbocycles. The third kappa shape index (κ3) is 4.51. The van der Waals surface area contributed by atoms with E-state index in [0.29, 0.717) is 30.6 Å². The predicted molar refractivity (Wildman–Crippen MR) is 84.7 cm³/mol. The predicted octanol–water partition coefficient (Wildman–Crippen LogP) is 1.12. The van der Waals surface area contributed by atoms with Crippen molar-refractivity contribution in [3.63, 3.8) is 0 Å². The Bertz CT molecular complexity index is 568. The van der Waals surface area contributed by atoms with Gasteiger partial charge in [-0.25, -0.2) is 8.42 Å². The number of hydrogen-bond acceptors (Lipinski definition) is 4. The molecule has 0 aliphatic heterocycles. The van der Waals surface area contributed by atoms with Crippen molar-refractivity contribution in [2.24, 2.45) is 0 Å². The molecule has 1 saturated carbocycles. The van der Waals surface area contributed by atoms with Crippen LogP contribution in [0, 0.1) is 0 Å². The van der Waals surface area contributed by atoms with Gasteiger partial charge in [-0.15, -0.1) is 0 Å². The molecule has 0 unspecified atom stereocenters. The number of sulfonamides is 1. The van der Waals surface area contributed by atoms with Crippen molar-refractivity contribution in [1.82, 2.24) is 14.5 Å². The highest BCUT2D eigenvalue weighted by Crippen LogP contribution is 2.22. The first-order chi connectivity index (χ1) is 9.91. The van der Waals surface area contributed by atoms with Gasteiger partial charge in [-0.05, 0) is 38.6 Å². The minimum Gasteiger partial charge on any atom is -0.310 e. The molecule has 1 aromatic rings. The molecular formula is C15H25N3O2S. The molecule has 0 amide bonds. The van der Waals surface area contributed by atoms with Crippen molar-refractivity contribution < 1.29 is 8.42 Å². The van der Waals surface area contributed by atoms with Gasteiger partial charge < -0.3 is 10.2 Å². The summed E-state index contributed by atoms with van der Waals surface area (Å²) in [6.07, 6.45) is 2.38. The van der Waals surface area contributed by atoms with E-state index in [1.165, 1.54) is 17.1 Å². The molecular weight excluding hydrogens is 286 g/mol. The zero-order valence-electron chi connectivity index (χ0n) is 13.0. The van der Waals surface area contributed by atoms with Crippen molar-refractivity contribution in [1.29, 1.82) is 0 Å².